The Morgan fingerprint density at radius 1 is 1.40 bits per heavy atom. The number of alkyl halides is 2. The van der Waals surface area contributed by atoms with Gasteiger partial charge in [0.05, 0.1) is 7.11 Å². The van der Waals surface area contributed by atoms with Crippen molar-refractivity contribution in [1.82, 2.24) is 0 Å². The molecule has 84 valence electrons. The van der Waals surface area contributed by atoms with Gasteiger partial charge in [0.25, 0.3) is 15.5 Å². The summed E-state index contributed by atoms with van der Waals surface area (Å²) in [6, 6.07) is 3.01. The first-order chi connectivity index (χ1) is 6.86. The van der Waals surface area contributed by atoms with Crippen LogP contribution < -0.4 is 4.74 Å². The van der Waals surface area contributed by atoms with Gasteiger partial charge in [-0.25, -0.2) is 17.2 Å². The van der Waals surface area contributed by atoms with Gasteiger partial charge in [-0.1, -0.05) is 0 Å². The van der Waals surface area contributed by atoms with Gasteiger partial charge in [-0.05, 0) is 18.2 Å². The summed E-state index contributed by atoms with van der Waals surface area (Å²) in [5, 5.41) is 0. The first-order valence-corrected chi connectivity index (χ1v) is 6.08. The van der Waals surface area contributed by atoms with Crippen molar-refractivity contribution in [3.63, 3.8) is 0 Å². The van der Waals surface area contributed by atoms with Gasteiger partial charge in [-0.3, -0.25) is 0 Å². The predicted molar refractivity (Wildman–Crippen MR) is 51.0 cm³/mol. The molecular formula is C8H7ClF2O3S. The minimum atomic E-state index is -4.09. The number of benzene rings is 1. The predicted octanol–water partition coefficient (Wildman–Crippen LogP) is 2.56. The van der Waals surface area contributed by atoms with Crippen molar-refractivity contribution in [2.24, 2.45) is 0 Å². The van der Waals surface area contributed by atoms with Gasteiger partial charge in [0.1, 0.15) is 10.6 Å². The van der Waals surface area contributed by atoms with E-state index < -0.39 is 25.9 Å². The Kier molecular flexibility index (Phi) is 3.51. The molecular weight excluding hydrogens is 250 g/mol. The van der Waals surface area contributed by atoms with E-state index in [1.54, 1.807) is 0 Å². The Morgan fingerprint density at radius 2 is 2.00 bits per heavy atom. The van der Waals surface area contributed by atoms with Crippen molar-refractivity contribution in [2.45, 2.75) is 11.3 Å². The van der Waals surface area contributed by atoms with Gasteiger partial charge < -0.3 is 4.74 Å². The summed E-state index contributed by atoms with van der Waals surface area (Å²) in [5.41, 5.74) is -0.421. The summed E-state index contributed by atoms with van der Waals surface area (Å²) >= 11 is 0. The molecule has 0 saturated heterocycles. The van der Waals surface area contributed by atoms with Crippen molar-refractivity contribution in [3.05, 3.63) is 23.8 Å². The van der Waals surface area contributed by atoms with E-state index in [0.717, 1.165) is 18.2 Å². The third-order valence-corrected chi connectivity index (χ3v) is 3.05. The molecule has 0 unspecified atom stereocenters. The Morgan fingerprint density at radius 3 is 2.40 bits per heavy atom. The van der Waals surface area contributed by atoms with Gasteiger partial charge >= 0.3 is 0 Å². The Bertz CT molecular complexity index is 459. The SMILES string of the molecule is COc1ccc(C(F)F)cc1S(=O)(=O)Cl. The standard InChI is InChI=1S/C8H7ClF2O3S/c1-14-6-3-2-5(8(10)11)4-7(6)15(9,12)13/h2-4,8H,1H3. The average molecular weight is 257 g/mol. The molecule has 0 aliphatic heterocycles. The van der Waals surface area contributed by atoms with Crippen LogP contribution in [-0.2, 0) is 9.05 Å². The molecule has 0 aliphatic rings. The zero-order chi connectivity index (χ0) is 11.6. The fraction of sp³-hybridized carbons (Fsp3) is 0.250. The molecule has 0 saturated carbocycles. The van der Waals surface area contributed by atoms with Crippen molar-refractivity contribution in [1.29, 1.82) is 0 Å². The number of rotatable bonds is 3. The lowest BCUT2D eigenvalue weighted by Gasteiger charge is -2.07. The summed E-state index contributed by atoms with van der Waals surface area (Å²) < 4.78 is 51.3. The highest BCUT2D eigenvalue weighted by molar-refractivity contribution is 8.13. The molecule has 1 aromatic carbocycles. The van der Waals surface area contributed by atoms with Crippen LogP contribution in [0.3, 0.4) is 0 Å². The van der Waals surface area contributed by atoms with E-state index >= 15 is 0 Å². The molecule has 0 bridgehead atoms. The molecule has 0 amide bonds. The second-order valence-electron chi connectivity index (χ2n) is 2.65. The average Bonchev–Trinajstić information content (AvgIpc) is 2.15. The third-order valence-electron chi connectivity index (χ3n) is 1.70. The molecule has 0 radical (unpaired) electrons. The highest BCUT2D eigenvalue weighted by atomic mass is 35.7. The summed E-state index contributed by atoms with van der Waals surface area (Å²) in [4.78, 5) is -0.454. The van der Waals surface area contributed by atoms with Gasteiger partial charge in [-0.15, -0.1) is 0 Å². The van der Waals surface area contributed by atoms with E-state index in [-0.39, 0.29) is 5.75 Å². The maximum absolute atomic E-state index is 12.3. The first kappa shape index (κ1) is 12.2. The van der Waals surface area contributed by atoms with Crippen LogP contribution >= 0.6 is 10.7 Å². The summed E-state index contributed by atoms with van der Waals surface area (Å²) in [6.45, 7) is 0. The van der Waals surface area contributed by atoms with Gasteiger partial charge in [0, 0.05) is 16.2 Å². The lowest BCUT2D eigenvalue weighted by Crippen LogP contribution is -1.98. The number of ether oxygens (including phenoxy) is 1. The Labute approximate surface area is 90.0 Å². The zero-order valence-corrected chi connectivity index (χ0v) is 9.15. The first-order valence-electron chi connectivity index (χ1n) is 3.77. The van der Waals surface area contributed by atoms with E-state index in [1.807, 2.05) is 0 Å². The maximum Gasteiger partial charge on any atom is 0.264 e. The largest absolute Gasteiger partial charge is 0.495 e. The molecule has 7 heteroatoms. The number of hydrogen-bond acceptors (Lipinski definition) is 3. The lowest BCUT2D eigenvalue weighted by atomic mass is 10.2. The van der Waals surface area contributed by atoms with Crippen molar-refractivity contribution in [2.75, 3.05) is 7.11 Å². The van der Waals surface area contributed by atoms with Gasteiger partial charge in [0.15, 0.2) is 0 Å². The van der Waals surface area contributed by atoms with Gasteiger partial charge in [-0.2, -0.15) is 0 Å². The van der Waals surface area contributed by atoms with Gasteiger partial charge in [0.2, 0.25) is 0 Å². The molecule has 0 fully saturated rings. The molecule has 0 heterocycles. The van der Waals surface area contributed by atoms with E-state index in [1.165, 1.54) is 7.11 Å². The summed E-state index contributed by atoms with van der Waals surface area (Å²) in [6.07, 6.45) is -2.76. The quantitative estimate of drug-likeness (QED) is 0.781. The number of hydrogen-bond donors (Lipinski definition) is 0. The smallest absolute Gasteiger partial charge is 0.264 e. The van der Waals surface area contributed by atoms with Crippen LogP contribution in [0.2, 0.25) is 0 Å². The molecule has 0 aliphatic carbocycles. The highest BCUT2D eigenvalue weighted by Gasteiger charge is 2.19. The van der Waals surface area contributed by atoms with Crippen molar-refractivity contribution >= 4 is 19.7 Å². The van der Waals surface area contributed by atoms with E-state index in [9.17, 15) is 17.2 Å². The van der Waals surface area contributed by atoms with Crippen LogP contribution in [0.25, 0.3) is 0 Å². The van der Waals surface area contributed by atoms with Crippen LogP contribution in [0.1, 0.15) is 12.0 Å². The highest BCUT2D eigenvalue weighted by Crippen LogP contribution is 2.31. The van der Waals surface area contributed by atoms with E-state index in [0.29, 0.717) is 0 Å². The number of methoxy groups -OCH3 is 1. The van der Waals surface area contributed by atoms with Crippen LogP contribution in [0.15, 0.2) is 23.1 Å². The van der Waals surface area contributed by atoms with Crippen LogP contribution in [0.5, 0.6) is 5.75 Å². The fourth-order valence-corrected chi connectivity index (χ4v) is 2.05. The Balaban J connectivity index is 3.39. The molecule has 0 spiro atoms. The molecule has 15 heavy (non-hydrogen) atoms. The van der Waals surface area contributed by atoms with E-state index in [4.69, 9.17) is 15.4 Å². The third kappa shape index (κ3) is 2.79. The van der Waals surface area contributed by atoms with Crippen LogP contribution in [-0.4, -0.2) is 15.5 Å². The van der Waals surface area contributed by atoms with Crippen molar-refractivity contribution in [3.8, 4) is 5.75 Å². The van der Waals surface area contributed by atoms with E-state index in [2.05, 4.69) is 0 Å². The lowest BCUT2D eigenvalue weighted by molar-refractivity contribution is 0.151. The second-order valence-corrected chi connectivity index (χ2v) is 5.18. The fourth-order valence-electron chi connectivity index (χ4n) is 1.02. The summed E-state index contributed by atoms with van der Waals surface area (Å²) in [5.74, 6) is -0.0607. The number of halogens is 3. The Hall–Kier alpha value is -0.880. The normalized spacial score (nSPS) is 11.8. The monoisotopic (exact) mass is 256 g/mol. The zero-order valence-electron chi connectivity index (χ0n) is 7.58. The summed E-state index contributed by atoms with van der Waals surface area (Å²) in [7, 11) is 2.20. The molecule has 0 atom stereocenters. The molecule has 1 rings (SSSR count). The van der Waals surface area contributed by atoms with Crippen LogP contribution in [0.4, 0.5) is 8.78 Å². The van der Waals surface area contributed by atoms with Crippen LogP contribution in [0, 0.1) is 0 Å². The topological polar surface area (TPSA) is 43.4 Å². The molecule has 0 N–H and O–H groups in total. The molecule has 3 nitrogen and oxygen atoms in total. The minimum absolute atomic E-state index is 0.0607. The maximum atomic E-state index is 12.3. The molecule has 1 aromatic rings. The van der Waals surface area contributed by atoms with Crippen molar-refractivity contribution < 1.29 is 21.9 Å². The minimum Gasteiger partial charge on any atom is -0.495 e. The molecule has 0 aromatic heterocycles. The second kappa shape index (κ2) is 4.32.